The zero-order valence-corrected chi connectivity index (χ0v) is 10.2. The Bertz CT molecular complexity index is 509. The highest BCUT2D eigenvalue weighted by molar-refractivity contribution is 6.03. The Labute approximate surface area is 106 Å². The van der Waals surface area contributed by atoms with Gasteiger partial charge in [-0.3, -0.25) is 0 Å². The zero-order valence-electron chi connectivity index (χ0n) is 10.2. The molecular weight excluding hydrogens is 226 g/mol. The molecule has 18 heavy (non-hydrogen) atoms. The first-order chi connectivity index (χ1) is 8.86. The highest BCUT2D eigenvalue weighted by Crippen LogP contribution is 2.22. The van der Waals surface area contributed by atoms with Crippen LogP contribution in [0.5, 0.6) is 0 Å². The predicted molar refractivity (Wildman–Crippen MR) is 71.0 cm³/mol. The van der Waals surface area contributed by atoms with Crippen molar-refractivity contribution < 1.29 is 9.94 Å². The molecule has 0 amide bonds. The molecule has 0 aliphatic heterocycles. The Hall–Kier alpha value is -2.13. The first kappa shape index (κ1) is 12.3. The van der Waals surface area contributed by atoms with E-state index >= 15 is 0 Å². The molecule has 0 bridgehead atoms. The summed E-state index contributed by atoms with van der Waals surface area (Å²) in [5, 5.41) is 12.6. The lowest BCUT2D eigenvalue weighted by molar-refractivity contribution is 0.154. The van der Waals surface area contributed by atoms with E-state index < -0.39 is 0 Å². The summed E-state index contributed by atoms with van der Waals surface area (Å²) < 4.78 is 5.45. The Morgan fingerprint density at radius 1 is 1.00 bits per heavy atom. The fraction of sp³-hybridized carbons (Fsp3) is 0.133. The number of methoxy groups -OCH3 is 1. The summed E-state index contributed by atoms with van der Waals surface area (Å²) >= 11 is 0. The molecule has 1 atom stereocenters. The molecule has 0 fully saturated rings. The standard InChI is InChI=1S/C15H15NO2/c1-18-15(13-10-6-3-7-11-13)14(16-17)12-8-4-2-5-9-12/h2-11,15,17H,1H3. The van der Waals surface area contributed by atoms with Crippen LogP contribution >= 0.6 is 0 Å². The molecule has 2 rings (SSSR count). The number of hydrogen-bond donors (Lipinski definition) is 1. The molecule has 0 aliphatic rings. The van der Waals surface area contributed by atoms with Gasteiger partial charge in [0.05, 0.1) is 0 Å². The van der Waals surface area contributed by atoms with Gasteiger partial charge in [-0.15, -0.1) is 0 Å². The summed E-state index contributed by atoms with van der Waals surface area (Å²) in [6.45, 7) is 0. The van der Waals surface area contributed by atoms with E-state index in [1.54, 1.807) is 7.11 Å². The molecule has 2 aromatic carbocycles. The number of rotatable bonds is 4. The minimum absolute atomic E-state index is 0.376. The van der Waals surface area contributed by atoms with Crippen LogP contribution < -0.4 is 0 Å². The summed E-state index contributed by atoms with van der Waals surface area (Å²) in [5.41, 5.74) is 2.30. The minimum atomic E-state index is -0.376. The van der Waals surface area contributed by atoms with Crippen molar-refractivity contribution in [2.24, 2.45) is 5.16 Å². The highest BCUT2D eigenvalue weighted by Gasteiger charge is 2.19. The van der Waals surface area contributed by atoms with Gasteiger partial charge < -0.3 is 9.94 Å². The van der Waals surface area contributed by atoms with Crippen molar-refractivity contribution in [1.29, 1.82) is 0 Å². The van der Waals surface area contributed by atoms with Crippen molar-refractivity contribution in [3.63, 3.8) is 0 Å². The van der Waals surface area contributed by atoms with Gasteiger partial charge >= 0.3 is 0 Å². The van der Waals surface area contributed by atoms with Crippen molar-refractivity contribution in [3.05, 3.63) is 71.8 Å². The van der Waals surface area contributed by atoms with E-state index in [2.05, 4.69) is 5.16 Å². The van der Waals surface area contributed by atoms with Crippen LogP contribution in [0.2, 0.25) is 0 Å². The lowest BCUT2D eigenvalue weighted by Gasteiger charge is -2.17. The van der Waals surface area contributed by atoms with Crippen molar-refractivity contribution in [3.8, 4) is 0 Å². The van der Waals surface area contributed by atoms with E-state index in [4.69, 9.17) is 4.74 Å². The van der Waals surface area contributed by atoms with Gasteiger partial charge in [-0.1, -0.05) is 65.8 Å². The Balaban J connectivity index is 2.38. The minimum Gasteiger partial charge on any atom is -0.411 e. The van der Waals surface area contributed by atoms with Gasteiger partial charge in [0, 0.05) is 12.7 Å². The molecule has 0 aromatic heterocycles. The van der Waals surface area contributed by atoms with Crippen LogP contribution in [0.15, 0.2) is 65.8 Å². The van der Waals surface area contributed by atoms with Crippen LogP contribution in [0.4, 0.5) is 0 Å². The van der Waals surface area contributed by atoms with Gasteiger partial charge in [-0.05, 0) is 5.56 Å². The lowest BCUT2D eigenvalue weighted by atomic mass is 9.99. The molecule has 3 nitrogen and oxygen atoms in total. The van der Waals surface area contributed by atoms with Crippen LogP contribution in [-0.2, 0) is 4.74 Å². The molecule has 0 radical (unpaired) electrons. The number of nitrogens with zero attached hydrogens (tertiary/aromatic N) is 1. The maximum atomic E-state index is 9.25. The molecule has 1 N–H and O–H groups in total. The van der Waals surface area contributed by atoms with E-state index in [9.17, 15) is 5.21 Å². The Morgan fingerprint density at radius 2 is 1.56 bits per heavy atom. The van der Waals surface area contributed by atoms with Crippen LogP contribution in [0.3, 0.4) is 0 Å². The second-order valence-electron chi connectivity index (χ2n) is 3.88. The molecule has 92 valence electrons. The first-order valence-corrected chi connectivity index (χ1v) is 5.72. The maximum absolute atomic E-state index is 9.25. The number of hydrogen-bond acceptors (Lipinski definition) is 3. The van der Waals surface area contributed by atoms with E-state index in [-0.39, 0.29) is 6.10 Å². The maximum Gasteiger partial charge on any atom is 0.128 e. The lowest BCUT2D eigenvalue weighted by Crippen LogP contribution is -2.16. The SMILES string of the molecule is COC(C(=NO)c1ccccc1)c1ccccc1. The largest absolute Gasteiger partial charge is 0.411 e. The zero-order chi connectivity index (χ0) is 12.8. The number of ether oxygens (including phenoxy) is 1. The third kappa shape index (κ3) is 2.57. The van der Waals surface area contributed by atoms with Gasteiger partial charge in [-0.25, -0.2) is 0 Å². The fourth-order valence-electron chi connectivity index (χ4n) is 1.90. The predicted octanol–water partition coefficient (Wildman–Crippen LogP) is 3.25. The Kier molecular flexibility index (Phi) is 4.10. The third-order valence-corrected chi connectivity index (χ3v) is 2.76. The van der Waals surface area contributed by atoms with E-state index in [1.165, 1.54) is 0 Å². The average Bonchev–Trinajstić information content (AvgIpc) is 2.46. The molecule has 0 spiro atoms. The topological polar surface area (TPSA) is 41.8 Å². The van der Waals surface area contributed by atoms with Gasteiger partial charge in [0.2, 0.25) is 0 Å². The fourth-order valence-corrected chi connectivity index (χ4v) is 1.90. The monoisotopic (exact) mass is 241 g/mol. The molecule has 0 saturated carbocycles. The van der Waals surface area contributed by atoms with Crippen molar-refractivity contribution in [1.82, 2.24) is 0 Å². The highest BCUT2D eigenvalue weighted by atomic mass is 16.5. The van der Waals surface area contributed by atoms with E-state index in [0.29, 0.717) is 5.71 Å². The van der Waals surface area contributed by atoms with Gasteiger partial charge in [0.1, 0.15) is 11.8 Å². The smallest absolute Gasteiger partial charge is 0.128 e. The molecule has 2 aromatic rings. The number of oxime groups is 1. The van der Waals surface area contributed by atoms with Crippen molar-refractivity contribution in [2.45, 2.75) is 6.10 Å². The van der Waals surface area contributed by atoms with E-state index in [1.807, 2.05) is 60.7 Å². The molecule has 3 heteroatoms. The van der Waals surface area contributed by atoms with Gasteiger partial charge in [-0.2, -0.15) is 0 Å². The van der Waals surface area contributed by atoms with E-state index in [0.717, 1.165) is 11.1 Å². The van der Waals surface area contributed by atoms with Gasteiger partial charge in [0.15, 0.2) is 0 Å². The summed E-state index contributed by atoms with van der Waals surface area (Å²) in [6.07, 6.45) is -0.376. The van der Waals surface area contributed by atoms with Crippen LogP contribution in [0.1, 0.15) is 17.2 Å². The van der Waals surface area contributed by atoms with Crippen LogP contribution in [-0.4, -0.2) is 18.0 Å². The molecule has 0 heterocycles. The molecule has 1 unspecified atom stereocenters. The number of benzene rings is 2. The van der Waals surface area contributed by atoms with Crippen LogP contribution in [0.25, 0.3) is 0 Å². The summed E-state index contributed by atoms with van der Waals surface area (Å²) in [5.74, 6) is 0. The summed E-state index contributed by atoms with van der Waals surface area (Å²) in [4.78, 5) is 0. The average molecular weight is 241 g/mol. The molecule has 0 aliphatic carbocycles. The second kappa shape index (κ2) is 5.98. The second-order valence-corrected chi connectivity index (χ2v) is 3.88. The van der Waals surface area contributed by atoms with Gasteiger partial charge in [0.25, 0.3) is 0 Å². The quantitative estimate of drug-likeness (QED) is 0.507. The Morgan fingerprint density at radius 3 is 2.06 bits per heavy atom. The summed E-state index contributed by atoms with van der Waals surface area (Å²) in [6, 6.07) is 19.2. The first-order valence-electron chi connectivity index (χ1n) is 5.72. The summed E-state index contributed by atoms with van der Waals surface area (Å²) in [7, 11) is 1.60. The van der Waals surface area contributed by atoms with Crippen molar-refractivity contribution in [2.75, 3.05) is 7.11 Å². The van der Waals surface area contributed by atoms with Crippen molar-refractivity contribution >= 4 is 5.71 Å². The van der Waals surface area contributed by atoms with Crippen LogP contribution in [0, 0.1) is 0 Å². The molecular formula is C15H15NO2. The normalized spacial score (nSPS) is 13.3. The molecule has 0 saturated heterocycles. The third-order valence-electron chi connectivity index (χ3n) is 2.76.